The maximum absolute atomic E-state index is 11.2. The van der Waals surface area contributed by atoms with Gasteiger partial charge in [0, 0.05) is 11.6 Å². The lowest BCUT2D eigenvalue weighted by Gasteiger charge is -2.09. The molecule has 0 saturated carbocycles. The van der Waals surface area contributed by atoms with Crippen LogP contribution in [0.1, 0.15) is 10.4 Å². The third kappa shape index (κ3) is 3.50. The first-order valence-electron chi connectivity index (χ1n) is 5.77. The molecule has 110 valence electrons. The van der Waals surface area contributed by atoms with Crippen LogP contribution in [0.2, 0.25) is 0 Å². The van der Waals surface area contributed by atoms with Crippen LogP contribution in [0.25, 0.3) is 0 Å². The Bertz CT molecular complexity index is 786. The van der Waals surface area contributed by atoms with E-state index in [1.165, 1.54) is 30.3 Å². The third-order valence-electron chi connectivity index (χ3n) is 2.66. The van der Waals surface area contributed by atoms with Gasteiger partial charge in [0.1, 0.15) is 16.4 Å². The fraction of sp³-hybridized carbons (Fsp3) is 0. The van der Waals surface area contributed by atoms with Crippen LogP contribution in [0.15, 0.2) is 47.4 Å². The number of nitrogens with two attached hydrogens (primary N) is 3. The summed E-state index contributed by atoms with van der Waals surface area (Å²) in [6.07, 6.45) is 0. The van der Waals surface area contributed by atoms with E-state index in [0.717, 1.165) is 0 Å². The van der Waals surface area contributed by atoms with Crippen LogP contribution in [-0.2, 0) is 10.0 Å². The van der Waals surface area contributed by atoms with Crippen molar-refractivity contribution in [3.8, 4) is 11.5 Å². The Morgan fingerprint density at radius 3 is 2.05 bits per heavy atom. The summed E-state index contributed by atoms with van der Waals surface area (Å²) in [6, 6.07) is 10.2. The van der Waals surface area contributed by atoms with Crippen LogP contribution < -0.4 is 21.3 Å². The number of anilines is 1. The second-order valence-electron chi connectivity index (χ2n) is 4.24. The van der Waals surface area contributed by atoms with Crippen LogP contribution in [0.3, 0.4) is 0 Å². The molecule has 7 nitrogen and oxygen atoms in total. The SMILES string of the molecule is NC(=O)c1ccc(Oc2ccc(S(N)(=O)=O)c(N)c2)cc1. The van der Waals surface area contributed by atoms with E-state index in [9.17, 15) is 13.2 Å². The second kappa shape index (κ2) is 5.43. The highest BCUT2D eigenvalue weighted by molar-refractivity contribution is 7.89. The number of benzene rings is 2. The van der Waals surface area contributed by atoms with Gasteiger partial charge in [-0.15, -0.1) is 0 Å². The van der Waals surface area contributed by atoms with Crippen molar-refractivity contribution in [1.82, 2.24) is 0 Å². The lowest BCUT2D eigenvalue weighted by molar-refractivity contribution is 0.100. The molecule has 0 fully saturated rings. The molecule has 21 heavy (non-hydrogen) atoms. The Labute approximate surface area is 121 Å². The smallest absolute Gasteiger partial charge is 0.248 e. The van der Waals surface area contributed by atoms with E-state index in [1.807, 2.05) is 0 Å². The molecule has 0 saturated heterocycles. The highest BCUT2D eigenvalue weighted by atomic mass is 32.2. The molecule has 6 N–H and O–H groups in total. The normalized spacial score (nSPS) is 11.1. The van der Waals surface area contributed by atoms with Gasteiger partial charge in [0.2, 0.25) is 15.9 Å². The molecule has 0 spiro atoms. The maximum atomic E-state index is 11.2. The monoisotopic (exact) mass is 307 g/mol. The van der Waals surface area contributed by atoms with Gasteiger partial charge in [0.15, 0.2) is 0 Å². The van der Waals surface area contributed by atoms with Crippen molar-refractivity contribution in [2.24, 2.45) is 10.9 Å². The van der Waals surface area contributed by atoms with Crippen LogP contribution in [0, 0.1) is 0 Å². The molecule has 0 bridgehead atoms. The van der Waals surface area contributed by atoms with Gasteiger partial charge in [-0.3, -0.25) is 4.79 Å². The number of rotatable bonds is 4. The van der Waals surface area contributed by atoms with Gasteiger partial charge in [-0.2, -0.15) is 0 Å². The van der Waals surface area contributed by atoms with E-state index in [4.69, 9.17) is 21.3 Å². The summed E-state index contributed by atoms with van der Waals surface area (Å²) in [6.45, 7) is 0. The summed E-state index contributed by atoms with van der Waals surface area (Å²) >= 11 is 0. The van der Waals surface area contributed by atoms with Gasteiger partial charge in [0.05, 0.1) is 5.69 Å². The molecule has 0 aromatic heterocycles. The summed E-state index contributed by atoms with van der Waals surface area (Å²) in [7, 11) is -3.87. The average Bonchev–Trinajstić information content (AvgIpc) is 2.37. The minimum Gasteiger partial charge on any atom is -0.457 e. The molecule has 2 rings (SSSR count). The van der Waals surface area contributed by atoms with Gasteiger partial charge in [-0.1, -0.05) is 0 Å². The summed E-state index contributed by atoms with van der Waals surface area (Å²) in [5.74, 6) is 0.248. The van der Waals surface area contributed by atoms with Gasteiger partial charge < -0.3 is 16.2 Å². The number of ether oxygens (including phenoxy) is 1. The highest BCUT2D eigenvalue weighted by Crippen LogP contribution is 2.27. The van der Waals surface area contributed by atoms with Crippen LogP contribution >= 0.6 is 0 Å². The van der Waals surface area contributed by atoms with Gasteiger partial charge in [-0.25, -0.2) is 13.6 Å². The Hall–Kier alpha value is -2.58. The molecule has 8 heteroatoms. The molecule has 0 atom stereocenters. The number of amides is 1. The minimum atomic E-state index is -3.87. The number of hydrogen-bond donors (Lipinski definition) is 3. The van der Waals surface area contributed by atoms with Crippen molar-refractivity contribution in [2.75, 3.05) is 5.73 Å². The average molecular weight is 307 g/mol. The fourth-order valence-electron chi connectivity index (χ4n) is 1.67. The van der Waals surface area contributed by atoms with E-state index in [0.29, 0.717) is 17.1 Å². The predicted octanol–water partition coefficient (Wildman–Crippen LogP) is 0.807. The van der Waals surface area contributed by atoms with E-state index < -0.39 is 15.9 Å². The zero-order valence-electron chi connectivity index (χ0n) is 10.8. The minimum absolute atomic E-state index is 0.0104. The predicted molar refractivity (Wildman–Crippen MR) is 77.3 cm³/mol. The molecule has 0 radical (unpaired) electrons. The van der Waals surface area contributed by atoms with Crippen molar-refractivity contribution in [3.05, 3.63) is 48.0 Å². The number of nitrogen functional groups attached to an aromatic ring is 1. The second-order valence-corrected chi connectivity index (χ2v) is 5.77. The van der Waals surface area contributed by atoms with Crippen molar-refractivity contribution in [3.63, 3.8) is 0 Å². The molecular weight excluding hydrogens is 294 g/mol. The number of sulfonamides is 1. The summed E-state index contributed by atoms with van der Waals surface area (Å²) < 4.78 is 28.0. The molecule has 0 aliphatic carbocycles. The molecule has 0 aliphatic heterocycles. The first-order chi connectivity index (χ1) is 9.77. The molecule has 0 aliphatic rings. The van der Waals surface area contributed by atoms with Crippen LogP contribution in [0.4, 0.5) is 5.69 Å². The Morgan fingerprint density at radius 2 is 1.57 bits per heavy atom. The first-order valence-corrected chi connectivity index (χ1v) is 7.32. The quantitative estimate of drug-likeness (QED) is 0.717. The summed E-state index contributed by atoms with van der Waals surface area (Å²) in [5, 5.41) is 5.01. The van der Waals surface area contributed by atoms with Crippen molar-refractivity contribution in [1.29, 1.82) is 0 Å². The fourth-order valence-corrected chi connectivity index (χ4v) is 2.32. The zero-order valence-corrected chi connectivity index (χ0v) is 11.6. The molecule has 0 unspecified atom stereocenters. The topological polar surface area (TPSA) is 138 Å². The Balaban J connectivity index is 2.24. The maximum Gasteiger partial charge on any atom is 0.248 e. The van der Waals surface area contributed by atoms with Gasteiger partial charge in [0.25, 0.3) is 0 Å². The molecule has 0 heterocycles. The van der Waals surface area contributed by atoms with Gasteiger partial charge >= 0.3 is 0 Å². The number of primary sulfonamides is 1. The molecule has 2 aromatic carbocycles. The molecular formula is C13H13N3O4S. The zero-order chi connectivity index (χ0) is 15.6. The van der Waals surface area contributed by atoms with E-state index >= 15 is 0 Å². The van der Waals surface area contributed by atoms with Gasteiger partial charge in [-0.05, 0) is 36.4 Å². The largest absolute Gasteiger partial charge is 0.457 e. The number of carbonyl (C=O) groups excluding carboxylic acids is 1. The lowest BCUT2D eigenvalue weighted by Crippen LogP contribution is -2.14. The number of hydrogen-bond acceptors (Lipinski definition) is 5. The summed E-state index contributed by atoms with van der Waals surface area (Å²) in [4.78, 5) is 10.8. The molecule has 2 aromatic rings. The lowest BCUT2D eigenvalue weighted by atomic mass is 10.2. The third-order valence-corrected chi connectivity index (χ3v) is 3.65. The van der Waals surface area contributed by atoms with Crippen LogP contribution in [-0.4, -0.2) is 14.3 Å². The Morgan fingerprint density at radius 1 is 1.00 bits per heavy atom. The molecule has 1 amide bonds. The summed E-state index contributed by atoms with van der Waals surface area (Å²) in [5.41, 5.74) is 11.1. The van der Waals surface area contributed by atoms with Crippen molar-refractivity contribution >= 4 is 21.6 Å². The first kappa shape index (κ1) is 14.8. The standard InChI is InChI=1S/C13H13N3O4S/c14-11-7-10(5-6-12(11)21(16,18)19)20-9-3-1-8(2-4-9)13(15)17/h1-7H,14H2,(H2,15,17)(H2,16,18,19). The Kier molecular flexibility index (Phi) is 3.83. The number of carbonyl (C=O) groups is 1. The van der Waals surface area contributed by atoms with E-state index in [1.54, 1.807) is 12.1 Å². The number of primary amides is 1. The van der Waals surface area contributed by atoms with E-state index in [2.05, 4.69) is 0 Å². The van der Waals surface area contributed by atoms with Crippen molar-refractivity contribution < 1.29 is 17.9 Å². The highest BCUT2D eigenvalue weighted by Gasteiger charge is 2.13. The van der Waals surface area contributed by atoms with E-state index in [-0.39, 0.29) is 10.6 Å². The van der Waals surface area contributed by atoms with Crippen LogP contribution in [0.5, 0.6) is 11.5 Å². The van der Waals surface area contributed by atoms with Crippen molar-refractivity contribution in [2.45, 2.75) is 4.90 Å².